The van der Waals surface area contributed by atoms with Crippen LogP contribution >= 0.6 is 0 Å². The summed E-state index contributed by atoms with van der Waals surface area (Å²) >= 11 is 0. The lowest BCUT2D eigenvalue weighted by Gasteiger charge is -2.07. The summed E-state index contributed by atoms with van der Waals surface area (Å²) < 4.78 is 39.9. The number of rotatable bonds is 5. The molecule has 3 aromatic rings. The highest BCUT2D eigenvalue weighted by molar-refractivity contribution is 5.83. The van der Waals surface area contributed by atoms with Gasteiger partial charge in [-0.1, -0.05) is 18.6 Å². The summed E-state index contributed by atoms with van der Waals surface area (Å²) in [5, 5.41) is 7.33. The number of benzene rings is 2. The van der Waals surface area contributed by atoms with Crippen molar-refractivity contribution >= 4 is 16.6 Å². The van der Waals surface area contributed by atoms with Gasteiger partial charge in [-0.15, -0.1) is 0 Å². The Bertz CT molecular complexity index is 1050. The summed E-state index contributed by atoms with van der Waals surface area (Å²) in [5.41, 5.74) is 7.84. The van der Waals surface area contributed by atoms with Crippen LogP contribution in [0, 0.1) is 11.8 Å². The van der Waals surface area contributed by atoms with Crippen LogP contribution in [0.5, 0.6) is 0 Å². The second-order valence-corrected chi connectivity index (χ2v) is 6.66. The van der Waals surface area contributed by atoms with E-state index in [-0.39, 0.29) is 0 Å². The molecule has 1 heterocycles. The Labute approximate surface area is 180 Å². The predicted molar refractivity (Wildman–Crippen MR) is 122 cm³/mol. The van der Waals surface area contributed by atoms with Crippen molar-refractivity contribution in [3.63, 3.8) is 0 Å². The SMILES string of the molecule is C=CN.CCn1c(C#CCNc2ccc(C(F)(F)F)cc2)cc2cc(CNC)ccc21. The minimum absolute atomic E-state index is 0.349. The van der Waals surface area contributed by atoms with Gasteiger partial charge >= 0.3 is 6.18 Å². The fraction of sp³-hybridized carbons (Fsp3) is 0.250. The minimum atomic E-state index is -4.32. The number of hydrogen-bond acceptors (Lipinski definition) is 3. The molecule has 0 saturated carbocycles. The first-order valence-electron chi connectivity index (χ1n) is 9.83. The molecule has 0 aliphatic rings. The lowest BCUT2D eigenvalue weighted by molar-refractivity contribution is -0.137. The number of alkyl halides is 3. The van der Waals surface area contributed by atoms with Gasteiger partial charge in [0.25, 0.3) is 0 Å². The number of nitrogens with two attached hydrogens (primary N) is 1. The molecule has 31 heavy (non-hydrogen) atoms. The van der Waals surface area contributed by atoms with Gasteiger partial charge < -0.3 is 20.9 Å². The number of aryl methyl sites for hydroxylation is 1. The van der Waals surface area contributed by atoms with Gasteiger partial charge in [-0.2, -0.15) is 13.2 Å². The molecule has 0 amide bonds. The molecule has 0 aliphatic carbocycles. The Kier molecular flexibility index (Phi) is 8.59. The summed E-state index contributed by atoms with van der Waals surface area (Å²) in [6, 6.07) is 13.4. The Balaban J connectivity index is 0.00000107. The number of aromatic nitrogens is 1. The molecule has 7 heteroatoms. The molecule has 164 valence electrons. The highest BCUT2D eigenvalue weighted by Gasteiger charge is 2.29. The van der Waals surface area contributed by atoms with Crippen LogP contribution in [-0.4, -0.2) is 18.2 Å². The van der Waals surface area contributed by atoms with Crippen molar-refractivity contribution in [2.45, 2.75) is 26.2 Å². The zero-order valence-corrected chi connectivity index (χ0v) is 17.7. The maximum atomic E-state index is 12.6. The third-order valence-corrected chi connectivity index (χ3v) is 4.47. The lowest BCUT2D eigenvalue weighted by atomic mass is 10.1. The van der Waals surface area contributed by atoms with Crippen LogP contribution in [-0.2, 0) is 19.3 Å². The van der Waals surface area contributed by atoms with Crippen molar-refractivity contribution in [3.05, 3.63) is 78.1 Å². The van der Waals surface area contributed by atoms with Crippen molar-refractivity contribution < 1.29 is 13.2 Å². The van der Waals surface area contributed by atoms with Crippen LogP contribution in [0.1, 0.15) is 23.7 Å². The maximum Gasteiger partial charge on any atom is 0.416 e. The molecular weight excluding hydrogens is 401 g/mol. The quantitative estimate of drug-likeness (QED) is 0.504. The summed E-state index contributed by atoms with van der Waals surface area (Å²) in [5.74, 6) is 6.22. The molecule has 4 nitrogen and oxygen atoms in total. The molecule has 0 fully saturated rings. The van der Waals surface area contributed by atoms with Crippen molar-refractivity contribution in [1.82, 2.24) is 9.88 Å². The molecule has 0 atom stereocenters. The molecule has 0 bridgehead atoms. The van der Waals surface area contributed by atoms with Gasteiger partial charge in [0.15, 0.2) is 0 Å². The van der Waals surface area contributed by atoms with Gasteiger partial charge in [0.05, 0.1) is 17.8 Å². The van der Waals surface area contributed by atoms with E-state index in [1.165, 1.54) is 23.9 Å². The number of nitrogens with one attached hydrogen (secondary N) is 2. The van der Waals surface area contributed by atoms with Crippen LogP contribution in [0.25, 0.3) is 10.9 Å². The topological polar surface area (TPSA) is 55.0 Å². The Morgan fingerprint density at radius 1 is 1.13 bits per heavy atom. The molecule has 4 N–H and O–H groups in total. The molecule has 1 aromatic heterocycles. The highest BCUT2D eigenvalue weighted by atomic mass is 19.4. The maximum absolute atomic E-state index is 12.6. The first-order valence-corrected chi connectivity index (χ1v) is 9.83. The second-order valence-electron chi connectivity index (χ2n) is 6.66. The normalized spacial score (nSPS) is 10.6. The van der Waals surface area contributed by atoms with E-state index in [9.17, 15) is 13.2 Å². The third-order valence-electron chi connectivity index (χ3n) is 4.47. The van der Waals surface area contributed by atoms with Crippen molar-refractivity contribution in [2.24, 2.45) is 5.73 Å². The van der Waals surface area contributed by atoms with E-state index in [1.807, 2.05) is 7.05 Å². The molecule has 0 radical (unpaired) electrons. The Morgan fingerprint density at radius 3 is 2.39 bits per heavy atom. The van der Waals surface area contributed by atoms with Crippen LogP contribution < -0.4 is 16.4 Å². The van der Waals surface area contributed by atoms with E-state index in [2.05, 4.69) is 70.5 Å². The zero-order chi connectivity index (χ0) is 22.9. The van der Waals surface area contributed by atoms with E-state index >= 15 is 0 Å². The molecule has 3 rings (SSSR count). The summed E-state index contributed by atoms with van der Waals surface area (Å²) in [4.78, 5) is 0. The average molecular weight is 429 g/mol. The highest BCUT2D eigenvalue weighted by Crippen LogP contribution is 2.29. The summed E-state index contributed by atoms with van der Waals surface area (Å²) in [7, 11) is 1.92. The van der Waals surface area contributed by atoms with Gasteiger partial charge in [0, 0.05) is 29.7 Å². The lowest BCUT2D eigenvalue weighted by Crippen LogP contribution is -2.05. The molecule has 0 unspecified atom stereocenters. The zero-order valence-electron chi connectivity index (χ0n) is 17.7. The minimum Gasteiger partial charge on any atom is -0.405 e. The fourth-order valence-corrected chi connectivity index (χ4v) is 3.14. The van der Waals surface area contributed by atoms with Crippen LogP contribution in [0.3, 0.4) is 0 Å². The Hall–Kier alpha value is -3.37. The van der Waals surface area contributed by atoms with Gasteiger partial charge in [0.1, 0.15) is 0 Å². The van der Waals surface area contributed by atoms with Gasteiger partial charge in [0.2, 0.25) is 0 Å². The average Bonchev–Trinajstić information content (AvgIpc) is 3.08. The van der Waals surface area contributed by atoms with E-state index < -0.39 is 11.7 Å². The van der Waals surface area contributed by atoms with E-state index in [1.54, 1.807) is 0 Å². The van der Waals surface area contributed by atoms with Crippen molar-refractivity contribution in [1.29, 1.82) is 0 Å². The number of hydrogen-bond donors (Lipinski definition) is 3. The first-order chi connectivity index (χ1) is 14.8. The van der Waals surface area contributed by atoms with Gasteiger partial charge in [-0.3, -0.25) is 0 Å². The van der Waals surface area contributed by atoms with Crippen LogP contribution in [0.4, 0.5) is 18.9 Å². The monoisotopic (exact) mass is 428 g/mol. The number of nitrogens with zero attached hydrogens (tertiary/aromatic N) is 1. The van der Waals surface area contributed by atoms with E-state index in [0.717, 1.165) is 41.8 Å². The summed E-state index contributed by atoms with van der Waals surface area (Å²) in [6.07, 6.45) is -3.07. The van der Waals surface area contributed by atoms with Crippen molar-refractivity contribution in [2.75, 3.05) is 18.9 Å². The number of anilines is 1. The molecule has 2 aromatic carbocycles. The van der Waals surface area contributed by atoms with E-state index in [0.29, 0.717) is 12.2 Å². The van der Waals surface area contributed by atoms with Gasteiger partial charge in [-0.25, -0.2) is 0 Å². The van der Waals surface area contributed by atoms with Crippen LogP contribution in [0.15, 0.2) is 61.3 Å². The molecule has 0 saturated heterocycles. The largest absolute Gasteiger partial charge is 0.416 e. The Morgan fingerprint density at radius 2 is 1.81 bits per heavy atom. The molecule has 0 aliphatic heterocycles. The third kappa shape index (κ3) is 6.56. The standard InChI is InChI=1S/C22H22F3N3.C2H5N/c1-3-28-20(14-17-13-16(15-26-2)6-11-21(17)28)5-4-12-27-19-9-7-18(8-10-19)22(23,24)25;1-2-3/h6-11,13-14,26-27H,3,12,15H2,1-2H3;2H,1,3H2. The molecule has 0 spiro atoms. The molecular formula is C24H27F3N4. The van der Waals surface area contributed by atoms with E-state index in [4.69, 9.17) is 0 Å². The number of halogens is 3. The fourth-order valence-electron chi connectivity index (χ4n) is 3.14. The summed E-state index contributed by atoms with van der Waals surface area (Å²) in [6.45, 7) is 7.19. The van der Waals surface area contributed by atoms with Gasteiger partial charge in [-0.05, 0) is 74.1 Å². The van der Waals surface area contributed by atoms with Crippen molar-refractivity contribution in [3.8, 4) is 11.8 Å². The smallest absolute Gasteiger partial charge is 0.405 e. The van der Waals surface area contributed by atoms with Crippen LogP contribution in [0.2, 0.25) is 0 Å². The second kappa shape index (κ2) is 11.1. The number of fused-ring (bicyclic) bond motifs is 1. The first kappa shape index (κ1) is 23.9. The predicted octanol–water partition coefficient (Wildman–Crippen LogP) is 4.95.